The van der Waals surface area contributed by atoms with Gasteiger partial charge in [0.2, 0.25) is 0 Å². The fourth-order valence-corrected chi connectivity index (χ4v) is 4.49. The molecule has 1 aromatic heterocycles. The first-order valence-electron chi connectivity index (χ1n) is 13.2. The Morgan fingerprint density at radius 3 is 2.42 bits per heavy atom. The van der Waals surface area contributed by atoms with Gasteiger partial charge in [-0.3, -0.25) is 4.79 Å². The number of aliphatic hydroxyl groups is 1. The number of rotatable bonds is 10. The van der Waals surface area contributed by atoms with Crippen molar-refractivity contribution < 1.29 is 42.9 Å². The maximum absolute atomic E-state index is 14.4. The summed E-state index contributed by atoms with van der Waals surface area (Å²) in [5.74, 6) is -5.71. The number of carbonyl (C=O) groups is 2. The van der Waals surface area contributed by atoms with Crippen LogP contribution in [0.2, 0.25) is 0 Å². The Morgan fingerprint density at radius 2 is 1.67 bits per heavy atom. The molecule has 10 nitrogen and oxygen atoms in total. The van der Waals surface area contributed by atoms with Crippen LogP contribution in [0.1, 0.15) is 22.8 Å². The van der Waals surface area contributed by atoms with Gasteiger partial charge in [0.1, 0.15) is 17.0 Å². The Hall–Kier alpha value is -5.07. The van der Waals surface area contributed by atoms with E-state index in [1.807, 2.05) is 0 Å². The lowest BCUT2D eigenvalue weighted by atomic mass is 10.0. The predicted molar refractivity (Wildman–Crippen MR) is 150 cm³/mol. The van der Waals surface area contributed by atoms with Crippen LogP contribution in [-0.4, -0.2) is 46.6 Å². The second-order valence-electron chi connectivity index (χ2n) is 9.68. The molecule has 3 N–H and O–H groups in total. The van der Waals surface area contributed by atoms with E-state index in [9.17, 15) is 33.4 Å². The number of alkyl halides is 2. The molecule has 5 rings (SSSR count). The van der Waals surface area contributed by atoms with Crippen molar-refractivity contribution in [1.82, 2.24) is 10.0 Å². The number of esters is 1. The number of carbonyl (C=O) groups excluding carboxylic acids is 2. The molecule has 0 aliphatic carbocycles. The van der Waals surface area contributed by atoms with Crippen molar-refractivity contribution in [3.63, 3.8) is 0 Å². The highest BCUT2D eigenvalue weighted by molar-refractivity contribution is 5.95. The van der Waals surface area contributed by atoms with Gasteiger partial charge in [-0.15, -0.1) is 4.73 Å². The van der Waals surface area contributed by atoms with Crippen molar-refractivity contribution >= 4 is 22.8 Å². The Morgan fingerprint density at radius 1 is 0.953 bits per heavy atom. The first-order chi connectivity index (χ1) is 20.6. The first kappa shape index (κ1) is 29.4. The number of pyridine rings is 1. The number of hydrogen-bond donors (Lipinski definition) is 3. The summed E-state index contributed by atoms with van der Waals surface area (Å²) in [5.41, 5.74) is -0.129. The van der Waals surface area contributed by atoms with E-state index in [1.165, 1.54) is 30.3 Å². The van der Waals surface area contributed by atoms with Gasteiger partial charge >= 0.3 is 23.4 Å². The van der Waals surface area contributed by atoms with E-state index in [2.05, 4.69) is 5.32 Å². The number of hydrogen-bond acceptors (Lipinski definition) is 9. The number of aromatic hydroxyl groups is 1. The minimum atomic E-state index is -3.13. The Bertz CT molecular complexity index is 1740. The molecule has 2 bridgehead atoms. The van der Waals surface area contributed by atoms with Crippen LogP contribution in [0.3, 0.4) is 0 Å². The van der Waals surface area contributed by atoms with Gasteiger partial charge in [-0.05, 0) is 48.4 Å². The monoisotopic (exact) mass is 592 g/mol. The number of phenols is 1. The highest BCUT2D eigenvalue weighted by Crippen LogP contribution is 2.32. The summed E-state index contributed by atoms with van der Waals surface area (Å²) in [6, 6.07) is 18.1. The zero-order valence-electron chi connectivity index (χ0n) is 22.5. The van der Waals surface area contributed by atoms with Crippen LogP contribution in [0.4, 0.5) is 8.78 Å². The Labute approximate surface area is 243 Å². The average Bonchev–Trinajstić information content (AvgIpc) is 3.02. The van der Waals surface area contributed by atoms with E-state index in [0.29, 0.717) is 23.4 Å². The summed E-state index contributed by atoms with van der Waals surface area (Å²) >= 11 is 0. The minimum Gasteiger partial charge on any atom is -0.506 e. The van der Waals surface area contributed by atoms with E-state index >= 15 is 0 Å². The van der Waals surface area contributed by atoms with Gasteiger partial charge in [0.05, 0.1) is 6.10 Å². The smallest absolute Gasteiger partial charge is 0.356 e. The molecule has 0 fully saturated rings. The second-order valence-corrected chi connectivity index (χ2v) is 9.68. The normalized spacial score (nSPS) is 14.7. The molecule has 0 saturated carbocycles. The summed E-state index contributed by atoms with van der Waals surface area (Å²) in [7, 11) is 0. The molecule has 1 atom stereocenters. The molecule has 0 spiro atoms. The van der Waals surface area contributed by atoms with Crippen molar-refractivity contribution in [2.75, 3.05) is 19.7 Å². The minimum absolute atomic E-state index is 0.0607. The summed E-state index contributed by atoms with van der Waals surface area (Å²) < 4.78 is 39.6. The van der Waals surface area contributed by atoms with Gasteiger partial charge in [-0.1, -0.05) is 48.5 Å². The molecule has 1 aliphatic heterocycles. The molecule has 0 saturated heterocycles. The van der Waals surface area contributed by atoms with Gasteiger partial charge in [0.15, 0.2) is 12.4 Å². The molecular weight excluding hydrogens is 566 g/mol. The number of fused-ring (bicyclic) bond motifs is 4. The van der Waals surface area contributed by atoms with E-state index in [-0.39, 0.29) is 28.6 Å². The number of nitrogens with one attached hydrogen (secondary N) is 1. The molecule has 4 aromatic rings. The van der Waals surface area contributed by atoms with E-state index in [0.717, 1.165) is 17.7 Å². The van der Waals surface area contributed by atoms with Crippen LogP contribution in [0.25, 0.3) is 10.9 Å². The van der Waals surface area contributed by atoms with Crippen LogP contribution >= 0.6 is 0 Å². The molecule has 0 unspecified atom stereocenters. The van der Waals surface area contributed by atoms with Crippen LogP contribution in [-0.2, 0) is 21.9 Å². The lowest BCUT2D eigenvalue weighted by Crippen LogP contribution is -2.31. The summed E-state index contributed by atoms with van der Waals surface area (Å²) in [6.07, 6.45) is 0.986. The van der Waals surface area contributed by atoms with Gasteiger partial charge in [-0.2, -0.15) is 8.78 Å². The van der Waals surface area contributed by atoms with Gasteiger partial charge in [0.25, 0.3) is 0 Å². The fraction of sp³-hybridized carbons (Fsp3) is 0.194. The third-order valence-corrected chi connectivity index (χ3v) is 6.68. The molecule has 43 heavy (non-hydrogen) atoms. The SMILES string of the molecule is O=C1/C=C/C(=O)On2c(=O)c(cc3c([C@@H](O)CNCCc4ccc(OCC(F)(F)c5ccccc5)cc4)ccc(O)c32)O1. The molecule has 1 aliphatic rings. The topological polar surface area (TPSA) is 136 Å². The Kier molecular flexibility index (Phi) is 8.51. The Balaban J connectivity index is 1.21. The van der Waals surface area contributed by atoms with Crippen LogP contribution in [0.5, 0.6) is 17.2 Å². The average molecular weight is 593 g/mol. The number of phenolic OH excluding ortho intramolecular Hbond substituents is 1. The standard InChI is InChI=1S/C31H26F2N2O8/c32-31(33,20-4-2-1-3-5-20)18-41-21-8-6-19(7-9-21)14-15-34-17-25(37)22-10-11-24(36)29-23(22)16-26-30(40)35(29)43-28(39)13-12-27(38)42-26/h1-13,16,25,34,36-37H,14-15,17-18H2/b13-12+/t25-/m0/s1. The number of ether oxygens (including phenoxy) is 2. The lowest BCUT2D eigenvalue weighted by Gasteiger charge is -2.18. The van der Waals surface area contributed by atoms with Crippen LogP contribution in [0, 0.1) is 0 Å². The number of benzene rings is 3. The van der Waals surface area contributed by atoms with Gasteiger partial charge in [0, 0.05) is 29.6 Å². The zero-order chi connectivity index (χ0) is 30.6. The van der Waals surface area contributed by atoms with Crippen molar-refractivity contribution in [2.45, 2.75) is 18.4 Å². The van der Waals surface area contributed by atoms with Crippen molar-refractivity contribution in [1.29, 1.82) is 0 Å². The van der Waals surface area contributed by atoms with Crippen molar-refractivity contribution in [3.05, 3.63) is 112 Å². The van der Waals surface area contributed by atoms with Crippen molar-refractivity contribution in [3.8, 4) is 17.2 Å². The number of halogens is 2. The summed E-state index contributed by atoms with van der Waals surface area (Å²) in [4.78, 5) is 41.8. The third kappa shape index (κ3) is 6.71. The molecule has 222 valence electrons. The summed E-state index contributed by atoms with van der Waals surface area (Å²) in [6.45, 7) is -0.289. The lowest BCUT2D eigenvalue weighted by molar-refractivity contribution is -0.138. The maximum Gasteiger partial charge on any atom is 0.356 e. The highest BCUT2D eigenvalue weighted by Gasteiger charge is 2.32. The van der Waals surface area contributed by atoms with Crippen molar-refractivity contribution in [2.24, 2.45) is 0 Å². The molecule has 0 amide bonds. The van der Waals surface area contributed by atoms with Crippen LogP contribution in [0.15, 0.2) is 89.7 Å². The van der Waals surface area contributed by atoms with Gasteiger partial charge < -0.3 is 29.8 Å². The molecule has 0 radical (unpaired) electrons. The van der Waals surface area contributed by atoms with Crippen LogP contribution < -0.4 is 25.2 Å². The largest absolute Gasteiger partial charge is 0.506 e. The fourth-order valence-electron chi connectivity index (χ4n) is 4.49. The predicted octanol–water partition coefficient (Wildman–Crippen LogP) is 3.17. The highest BCUT2D eigenvalue weighted by atomic mass is 19.3. The number of aromatic nitrogens is 1. The van der Waals surface area contributed by atoms with E-state index < -0.39 is 47.6 Å². The van der Waals surface area contributed by atoms with E-state index in [4.69, 9.17) is 14.3 Å². The number of nitrogens with zero attached hydrogens (tertiary/aromatic N) is 1. The third-order valence-electron chi connectivity index (χ3n) is 6.68. The number of aliphatic hydroxyl groups excluding tert-OH is 1. The molecule has 3 aromatic carbocycles. The maximum atomic E-state index is 14.4. The first-order valence-corrected chi connectivity index (χ1v) is 13.2. The van der Waals surface area contributed by atoms with Gasteiger partial charge in [-0.25, -0.2) is 9.59 Å². The molecule has 2 heterocycles. The van der Waals surface area contributed by atoms with E-state index in [1.54, 1.807) is 42.5 Å². The second kappa shape index (κ2) is 12.4. The molecule has 12 heteroatoms. The quantitative estimate of drug-likeness (QED) is 0.187. The molecular formula is C31H26F2N2O8. The zero-order valence-corrected chi connectivity index (χ0v) is 22.5. The summed E-state index contributed by atoms with van der Waals surface area (Å²) in [5, 5.41) is 24.6.